The lowest BCUT2D eigenvalue weighted by Crippen LogP contribution is -2.72. The van der Waals surface area contributed by atoms with Crippen LogP contribution in [0.15, 0.2) is 0 Å². The Kier molecular flexibility index (Phi) is 5.82. The molecule has 8 rings (SSSR count). The zero-order valence-electron chi connectivity index (χ0n) is 27.0. The Morgan fingerprint density at radius 1 is 0.933 bits per heavy atom. The minimum absolute atomic E-state index is 0.0439. The van der Waals surface area contributed by atoms with Crippen molar-refractivity contribution in [2.75, 3.05) is 7.11 Å². The van der Waals surface area contributed by atoms with Crippen molar-refractivity contribution >= 4 is 23.7 Å². The first-order valence-corrected chi connectivity index (χ1v) is 16.3. The molecule has 0 radical (unpaired) electrons. The van der Waals surface area contributed by atoms with Gasteiger partial charge in [-0.2, -0.15) is 0 Å². The second-order valence-electron chi connectivity index (χ2n) is 16.1. The van der Waals surface area contributed by atoms with Gasteiger partial charge in [-0.3, -0.25) is 14.4 Å². The molecular weight excluding hydrogens is 588 g/mol. The van der Waals surface area contributed by atoms with Gasteiger partial charge < -0.3 is 38.6 Å². The van der Waals surface area contributed by atoms with E-state index in [9.17, 15) is 29.4 Å². The smallest absolute Gasteiger partial charge is 0.341 e. The number of ether oxygens (including phenoxy) is 6. The van der Waals surface area contributed by atoms with E-state index in [4.69, 9.17) is 28.4 Å². The maximum Gasteiger partial charge on any atom is 0.341 e. The van der Waals surface area contributed by atoms with Gasteiger partial charge in [0.2, 0.25) is 5.79 Å². The Labute approximate surface area is 261 Å². The van der Waals surface area contributed by atoms with Crippen LogP contribution in [-0.2, 0) is 47.6 Å². The third-order valence-electron chi connectivity index (χ3n) is 14.6. The molecule has 3 saturated heterocycles. The molecular formula is C33H44O12. The predicted molar refractivity (Wildman–Crippen MR) is 150 cm³/mol. The molecule has 0 aromatic heterocycles. The Bertz CT molecular complexity index is 1410. The molecule has 45 heavy (non-hydrogen) atoms. The van der Waals surface area contributed by atoms with Crippen LogP contribution in [0.5, 0.6) is 0 Å². The average molecular weight is 633 g/mol. The molecule has 2 N–H and O–H groups in total. The van der Waals surface area contributed by atoms with Gasteiger partial charge in [-0.25, -0.2) is 4.79 Å². The number of esters is 3. The lowest BCUT2D eigenvalue weighted by atomic mass is 9.41. The first-order valence-electron chi connectivity index (χ1n) is 16.3. The van der Waals surface area contributed by atoms with Gasteiger partial charge in [0.15, 0.2) is 11.4 Å². The monoisotopic (exact) mass is 632 g/mol. The minimum Gasteiger partial charge on any atom is -0.458 e. The summed E-state index contributed by atoms with van der Waals surface area (Å²) in [6.07, 6.45) is -3.77. The van der Waals surface area contributed by atoms with E-state index in [0.29, 0.717) is 12.8 Å². The van der Waals surface area contributed by atoms with E-state index in [-0.39, 0.29) is 23.9 Å². The highest BCUT2D eigenvalue weighted by Crippen LogP contribution is 2.81. The van der Waals surface area contributed by atoms with Crippen molar-refractivity contribution in [3.63, 3.8) is 0 Å². The van der Waals surface area contributed by atoms with Crippen molar-refractivity contribution in [2.45, 2.75) is 115 Å². The van der Waals surface area contributed by atoms with Gasteiger partial charge in [-0.1, -0.05) is 20.8 Å². The number of rotatable bonds is 3. The molecule has 5 aliphatic carbocycles. The highest BCUT2D eigenvalue weighted by molar-refractivity contribution is 5.88. The first-order chi connectivity index (χ1) is 20.9. The fourth-order valence-corrected chi connectivity index (χ4v) is 12.8. The summed E-state index contributed by atoms with van der Waals surface area (Å²) >= 11 is 0. The van der Waals surface area contributed by atoms with Crippen LogP contribution in [0.25, 0.3) is 0 Å². The molecule has 5 saturated carbocycles. The standard InChI is InChI=1S/C33H44O12/c1-11-18-21(31(6)32(7,39)28(38)45-33(31)26(11)44-33)24(40-8)20-17-19(25(41-12(2)34)27(30(18,20)5)42-13(3)35)29(4)10-16-15(43-16)9-14(29)22(36)23(17)37/h11,14-21,23-27,37,39H,9-10H2,1-8H3/t11?,14-,15+,16-,17?,18+,19?,20-,21+,23-,24-,25+,26-,27+,29+,30-,31+,32-,33+/m1/s1. The fraction of sp³-hybridized carbons (Fsp3) is 0.879. The van der Waals surface area contributed by atoms with Crippen molar-refractivity contribution < 1.29 is 57.8 Å². The second kappa shape index (κ2) is 8.66. The molecule has 0 bridgehead atoms. The van der Waals surface area contributed by atoms with E-state index in [1.165, 1.54) is 20.8 Å². The summed E-state index contributed by atoms with van der Waals surface area (Å²) in [5, 5.41) is 24.1. The number of hydrogen-bond donors (Lipinski definition) is 2. The molecule has 3 heterocycles. The van der Waals surface area contributed by atoms with E-state index >= 15 is 0 Å². The minimum atomic E-state index is -1.96. The number of Topliss-reactive ketones (excluding diaryl/α,β-unsaturated/α-hetero) is 1. The van der Waals surface area contributed by atoms with Gasteiger partial charge in [0, 0.05) is 56.0 Å². The van der Waals surface area contributed by atoms with Gasteiger partial charge in [0.1, 0.15) is 24.4 Å². The van der Waals surface area contributed by atoms with E-state index in [0.717, 1.165) is 0 Å². The molecule has 12 heteroatoms. The Balaban J connectivity index is 1.38. The van der Waals surface area contributed by atoms with E-state index in [1.807, 2.05) is 20.8 Å². The van der Waals surface area contributed by atoms with Crippen LogP contribution in [0.3, 0.4) is 0 Å². The van der Waals surface area contributed by atoms with E-state index in [2.05, 4.69) is 0 Å². The number of carbonyl (C=O) groups is 4. The Morgan fingerprint density at radius 3 is 2.22 bits per heavy atom. The Morgan fingerprint density at radius 2 is 1.60 bits per heavy atom. The maximum absolute atomic E-state index is 14.2. The summed E-state index contributed by atoms with van der Waals surface area (Å²) in [4.78, 5) is 53.4. The summed E-state index contributed by atoms with van der Waals surface area (Å²) in [7, 11) is 1.55. The van der Waals surface area contributed by atoms with Gasteiger partial charge in [-0.05, 0) is 43.9 Å². The fourth-order valence-electron chi connectivity index (χ4n) is 12.8. The number of fused-ring (bicyclic) bond motifs is 9. The molecule has 1 spiro atoms. The number of epoxide rings is 2. The molecule has 8 fully saturated rings. The Hall–Kier alpha value is -2.12. The molecule has 0 amide bonds. The summed E-state index contributed by atoms with van der Waals surface area (Å²) in [5.41, 5.74) is -5.07. The largest absolute Gasteiger partial charge is 0.458 e. The van der Waals surface area contributed by atoms with Crippen molar-refractivity contribution in [1.82, 2.24) is 0 Å². The normalized spacial score (nSPS) is 61.3. The van der Waals surface area contributed by atoms with Gasteiger partial charge in [-0.15, -0.1) is 0 Å². The number of aliphatic hydroxyl groups is 2. The third-order valence-corrected chi connectivity index (χ3v) is 14.6. The lowest BCUT2D eigenvalue weighted by molar-refractivity contribution is -0.261. The molecule has 12 nitrogen and oxygen atoms in total. The van der Waals surface area contributed by atoms with Gasteiger partial charge >= 0.3 is 17.9 Å². The zero-order valence-corrected chi connectivity index (χ0v) is 27.0. The van der Waals surface area contributed by atoms with Crippen molar-refractivity contribution in [1.29, 1.82) is 0 Å². The number of hydrogen-bond acceptors (Lipinski definition) is 12. The second-order valence-corrected chi connectivity index (χ2v) is 16.1. The summed E-state index contributed by atoms with van der Waals surface area (Å²) < 4.78 is 36.9. The van der Waals surface area contributed by atoms with Crippen molar-refractivity contribution in [3.8, 4) is 0 Å². The molecule has 3 unspecified atom stereocenters. The van der Waals surface area contributed by atoms with Crippen LogP contribution >= 0.6 is 0 Å². The summed E-state index contributed by atoms with van der Waals surface area (Å²) in [6, 6.07) is 0. The van der Waals surface area contributed by atoms with Crippen LogP contribution in [0.1, 0.15) is 61.3 Å². The van der Waals surface area contributed by atoms with Gasteiger partial charge in [0.25, 0.3) is 0 Å². The van der Waals surface area contributed by atoms with Crippen LogP contribution in [0.2, 0.25) is 0 Å². The molecule has 0 aromatic carbocycles. The highest BCUT2D eigenvalue weighted by Gasteiger charge is 2.93. The molecule has 0 aromatic rings. The summed E-state index contributed by atoms with van der Waals surface area (Å²) in [6.45, 7) is 11.8. The van der Waals surface area contributed by atoms with E-state index in [1.54, 1.807) is 14.0 Å². The quantitative estimate of drug-likeness (QED) is 0.259. The van der Waals surface area contributed by atoms with Crippen molar-refractivity contribution in [3.05, 3.63) is 0 Å². The van der Waals surface area contributed by atoms with E-state index < -0.39 is 112 Å². The van der Waals surface area contributed by atoms with Gasteiger partial charge in [0.05, 0.1) is 23.7 Å². The molecule has 3 aliphatic heterocycles. The van der Waals surface area contributed by atoms with Crippen LogP contribution in [-0.4, -0.2) is 95.1 Å². The maximum atomic E-state index is 14.2. The first kappa shape index (κ1) is 30.2. The predicted octanol–water partition coefficient (Wildman–Crippen LogP) is 1.17. The summed E-state index contributed by atoms with van der Waals surface area (Å²) in [5.74, 6) is -7.35. The number of carbonyl (C=O) groups excluding carboxylic acids is 4. The molecule has 248 valence electrons. The molecule has 19 atom stereocenters. The lowest BCUT2D eigenvalue weighted by Gasteiger charge is -2.64. The van der Waals surface area contributed by atoms with Crippen LogP contribution < -0.4 is 0 Å². The highest BCUT2D eigenvalue weighted by atomic mass is 16.8. The van der Waals surface area contributed by atoms with Crippen molar-refractivity contribution in [2.24, 2.45) is 57.7 Å². The molecule has 8 aliphatic rings. The average Bonchev–Trinajstić information content (AvgIpc) is 3.84. The topological polar surface area (TPSA) is 171 Å². The number of methoxy groups -OCH3 is 1. The van der Waals surface area contributed by atoms with Crippen LogP contribution in [0.4, 0.5) is 0 Å². The zero-order chi connectivity index (χ0) is 32.5. The SMILES string of the molecule is CO[C@H]1[C@@H]2[C@H](C(C)[C@H]3O[C@]34OC(=O)[C@@](C)(O)[C@]24C)[C@]2(C)[C@@H]1C1C([C@H](OC(C)=O)[C@@H]2OC(C)=O)[C@@]2(C)C[C@H]3O[C@H]3C[C@@H]2C(=O)[C@@H]1O. The van der Waals surface area contributed by atoms with Crippen LogP contribution in [0, 0.1) is 57.7 Å². The number of ketones is 1. The number of aliphatic hydroxyl groups excluding tert-OH is 1. The third kappa shape index (κ3) is 3.17.